The van der Waals surface area contributed by atoms with E-state index in [4.69, 9.17) is 16.9 Å². The molecule has 0 saturated carbocycles. The minimum Gasteiger partial charge on any atom is -0.317 e. The molecule has 0 aliphatic rings. The molecule has 1 amide bonds. The number of benzene rings is 2. The number of amides is 1. The second-order valence-corrected chi connectivity index (χ2v) is 5.97. The van der Waals surface area contributed by atoms with Crippen molar-refractivity contribution in [3.8, 4) is 6.07 Å². The van der Waals surface area contributed by atoms with Crippen LogP contribution in [0.4, 0.5) is 5.69 Å². The van der Waals surface area contributed by atoms with Crippen molar-refractivity contribution in [3.05, 3.63) is 94.8 Å². The Morgan fingerprint density at radius 3 is 2.48 bits per heavy atom. The lowest BCUT2D eigenvalue weighted by Gasteiger charge is -2.05. The lowest BCUT2D eigenvalue weighted by Crippen LogP contribution is -2.33. The molecular weight excluding hydrogens is 334 g/mol. The van der Waals surface area contributed by atoms with Gasteiger partial charge in [0, 0.05) is 22.2 Å². The van der Waals surface area contributed by atoms with E-state index in [1.165, 1.54) is 0 Å². The summed E-state index contributed by atoms with van der Waals surface area (Å²) in [7, 11) is 0. The highest BCUT2D eigenvalue weighted by molar-refractivity contribution is 6.30. The molecule has 0 aliphatic heterocycles. The van der Waals surface area contributed by atoms with Gasteiger partial charge in [0.15, 0.2) is 18.9 Å². The van der Waals surface area contributed by atoms with E-state index in [-0.39, 0.29) is 5.91 Å². The van der Waals surface area contributed by atoms with Gasteiger partial charge in [-0.15, -0.1) is 0 Å². The van der Waals surface area contributed by atoms with Crippen LogP contribution in [0.1, 0.15) is 21.5 Å². The van der Waals surface area contributed by atoms with Crippen LogP contribution in [0.5, 0.6) is 0 Å². The maximum atomic E-state index is 12.3. The molecule has 1 aromatic heterocycles. The standard InChI is InChI=1S/C20H14ClN3O/c21-18-9-7-17(8-10-18)20(25)23-19-2-1-11-24(14-19)13-16-5-3-15(12-22)4-6-16/h1-11,14H,13H2/p+1. The van der Waals surface area contributed by atoms with Gasteiger partial charge in [0.25, 0.3) is 5.91 Å². The number of nitrogens with zero attached hydrogens (tertiary/aromatic N) is 2. The van der Waals surface area contributed by atoms with Crippen LogP contribution >= 0.6 is 11.6 Å². The number of aromatic nitrogens is 1. The highest BCUT2D eigenvalue weighted by Gasteiger charge is 2.09. The molecule has 0 unspecified atom stereocenters. The smallest absolute Gasteiger partial charge is 0.255 e. The van der Waals surface area contributed by atoms with Crippen molar-refractivity contribution in [1.29, 1.82) is 5.26 Å². The number of halogens is 1. The fraction of sp³-hybridized carbons (Fsp3) is 0.0500. The molecule has 5 heteroatoms. The molecule has 0 radical (unpaired) electrons. The topological polar surface area (TPSA) is 56.8 Å². The van der Waals surface area contributed by atoms with E-state index in [9.17, 15) is 4.79 Å². The quantitative estimate of drug-likeness (QED) is 0.729. The van der Waals surface area contributed by atoms with E-state index >= 15 is 0 Å². The summed E-state index contributed by atoms with van der Waals surface area (Å²) >= 11 is 5.84. The summed E-state index contributed by atoms with van der Waals surface area (Å²) in [4.78, 5) is 12.3. The van der Waals surface area contributed by atoms with E-state index in [1.807, 2.05) is 41.2 Å². The molecule has 1 N–H and O–H groups in total. The van der Waals surface area contributed by atoms with Gasteiger partial charge in [0.1, 0.15) is 5.69 Å². The summed E-state index contributed by atoms with van der Waals surface area (Å²) in [5, 5.41) is 12.3. The fourth-order valence-corrected chi connectivity index (χ4v) is 2.52. The average Bonchev–Trinajstić information content (AvgIpc) is 2.63. The molecular formula is C20H15ClN3O+. The van der Waals surface area contributed by atoms with Crippen LogP contribution in [-0.2, 0) is 6.54 Å². The maximum absolute atomic E-state index is 12.3. The first-order chi connectivity index (χ1) is 12.1. The van der Waals surface area contributed by atoms with Crippen LogP contribution in [0.25, 0.3) is 0 Å². The van der Waals surface area contributed by atoms with Gasteiger partial charge in [-0.25, -0.2) is 0 Å². The fourth-order valence-electron chi connectivity index (χ4n) is 2.39. The molecule has 4 nitrogen and oxygen atoms in total. The van der Waals surface area contributed by atoms with E-state index < -0.39 is 0 Å². The molecule has 3 aromatic rings. The van der Waals surface area contributed by atoms with E-state index in [0.717, 1.165) is 5.56 Å². The number of carbonyl (C=O) groups excluding carboxylic acids is 1. The molecule has 0 spiro atoms. The third-order valence-electron chi connectivity index (χ3n) is 3.67. The molecule has 0 aliphatic carbocycles. The summed E-state index contributed by atoms with van der Waals surface area (Å²) in [6, 6.07) is 20.0. The van der Waals surface area contributed by atoms with Gasteiger partial charge in [0.2, 0.25) is 0 Å². The molecule has 2 aromatic carbocycles. The second-order valence-electron chi connectivity index (χ2n) is 5.53. The first-order valence-corrected chi connectivity index (χ1v) is 8.07. The van der Waals surface area contributed by atoms with Crippen molar-refractivity contribution in [3.63, 3.8) is 0 Å². The van der Waals surface area contributed by atoms with Gasteiger partial charge in [-0.1, -0.05) is 23.7 Å². The van der Waals surface area contributed by atoms with Crippen LogP contribution in [0.2, 0.25) is 5.02 Å². The monoisotopic (exact) mass is 348 g/mol. The van der Waals surface area contributed by atoms with E-state index in [2.05, 4.69) is 11.4 Å². The third-order valence-corrected chi connectivity index (χ3v) is 3.92. The Morgan fingerprint density at radius 2 is 1.80 bits per heavy atom. The summed E-state index contributed by atoms with van der Waals surface area (Å²) in [5.41, 5.74) is 2.96. The number of pyridine rings is 1. The van der Waals surface area contributed by atoms with Gasteiger partial charge >= 0.3 is 0 Å². The van der Waals surface area contributed by atoms with E-state index in [0.29, 0.717) is 28.4 Å². The van der Waals surface area contributed by atoms with Crippen molar-refractivity contribution in [1.82, 2.24) is 0 Å². The Kier molecular flexibility index (Phi) is 5.08. The number of nitriles is 1. The van der Waals surface area contributed by atoms with Crippen molar-refractivity contribution >= 4 is 23.2 Å². The third kappa shape index (κ3) is 4.43. The zero-order valence-corrected chi connectivity index (χ0v) is 14.1. The number of nitrogens with one attached hydrogen (secondary N) is 1. The first-order valence-electron chi connectivity index (χ1n) is 7.69. The SMILES string of the molecule is N#Cc1ccc(C[n+]2cccc(NC(=O)c3ccc(Cl)cc3)c2)cc1. The zero-order chi connectivity index (χ0) is 17.6. The highest BCUT2D eigenvalue weighted by Crippen LogP contribution is 2.12. The largest absolute Gasteiger partial charge is 0.317 e. The predicted octanol–water partition coefficient (Wildman–Crippen LogP) is 3.80. The maximum Gasteiger partial charge on any atom is 0.255 e. The predicted molar refractivity (Wildman–Crippen MR) is 96.3 cm³/mol. The molecule has 1 heterocycles. The molecule has 0 bridgehead atoms. The minimum absolute atomic E-state index is 0.187. The Bertz CT molecular complexity index is 928. The molecule has 0 atom stereocenters. The van der Waals surface area contributed by atoms with Crippen LogP contribution in [0, 0.1) is 11.3 Å². The van der Waals surface area contributed by atoms with Gasteiger partial charge in [-0.2, -0.15) is 9.83 Å². The number of rotatable bonds is 4. The number of carbonyl (C=O) groups is 1. The Balaban J connectivity index is 1.71. The summed E-state index contributed by atoms with van der Waals surface area (Å²) in [6.07, 6.45) is 3.79. The first kappa shape index (κ1) is 16.7. The number of anilines is 1. The highest BCUT2D eigenvalue weighted by atomic mass is 35.5. The van der Waals surface area contributed by atoms with Crippen molar-refractivity contribution in [2.45, 2.75) is 6.54 Å². The normalized spacial score (nSPS) is 10.1. The van der Waals surface area contributed by atoms with Crippen LogP contribution in [0.15, 0.2) is 73.1 Å². The molecule has 25 heavy (non-hydrogen) atoms. The summed E-state index contributed by atoms with van der Waals surface area (Å²) in [5.74, 6) is -0.187. The Labute approximate surface area is 150 Å². The molecule has 3 rings (SSSR count). The van der Waals surface area contributed by atoms with Gasteiger partial charge in [-0.3, -0.25) is 4.79 Å². The van der Waals surface area contributed by atoms with Crippen LogP contribution in [0.3, 0.4) is 0 Å². The van der Waals surface area contributed by atoms with Crippen molar-refractivity contribution in [2.75, 3.05) is 5.32 Å². The van der Waals surface area contributed by atoms with Crippen LogP contribution in [-0.4, -0.2) is 5.91 Å². The zero-order valence-electron chi connectivity index (χ0n) is 13.3. The Hall–Kier alpha value is -3.16. The number of hydrogen-bond donors (Lipinski definition) is 1. The second kappa shape index (κ2) is 7.61. The van der Waals surface area contributed by atoms with Crippen molar-refractivity contribution < 1.29 is 9.36 Å². The Morgan fingerprint density at radius 1 is 1.08 bits per heavy atom. The van der Waals surface area contributed by atoms with Gasteiger partial charge < -0.3 is 5.32 Å². The summed E-state index contributed by atoms with van der Waals surface area (Å²) in [6.45, 7) is 0.649. The molecule has 0 fully saturated rings. The van der Waals surface area contributed by atoms with E-state index in [1.54, 1.807) is 36.4 Å². The minimum atomic E-state index is -0.187. The van der Waals surface area contributed by atoms with Gasteiger partial charge in [-0.05, 0) is 42.5 Å². The number of hydrogen-bond acceptors (Lipinski definition) is 2. The van der Waals surface area contributed by atoms with Crippen LogP contribution < -0.4 is 9.88 Å². The van der Waals surface area contributed by atoms with Gasteiger partial charge in [0.05, 0.1) is 11.6 Å². The molecule has 0 saturated heterocycles. The lowest BCUT2D eigenvalue weighted by molar-refractivity contribution is -0.687. The average molecular weight is 349 g/mol. The molecule has 122 valence electrons. The van der Waals surface area contributed by atoms with Crippen molar-refractivity contribution in [2.24, 2.45) is 0 Å². The lowest BCUT2D eigenvalue weighted by atomic mass is 10.1. The summed E-state index contributed by atoms with van der Waals surface area (Å²) < 4.78 is 1.97.